The summed E-state index contributed by atoms with van der Waals surface area (Å²) in [5.41, 5.74) is 0. The topological polar surface area (TPSA) is 0 Å². The first kappa shape index (κ1) is 15.2. The van der Waals surface area contributed by atoms with Crippen molar-refractivity contribution in [1.29, 1.82) is 0 Å². The largest absolute Gasteiger partial charge is 0.560 e. The fourth-order valence-electron chi connectivity index (χ4n) is 0.697. The minimum atomic E-state index is 0.0417. The van der Waals surface area contributed by atoms with Crippen LogP contribution in [0.15, 0.2) is 0 Å². The van der Waals surface area contributed by atoms with E-state index in [4.69, 9.17) is 0 Å². The van der Waals surface area contributed by atoms with Gasteiger partial charge in [0, 0.05) is 0 Å². The van der Waals surface area contributed by atoms with Crippen molar-refractivity contribution in [3.05, 3.63) is 6.92 Å². The second-order valence-electron chi connectivity index (χ2n) is 2.52. The average Bonchev–Trinajstić information content (AvgIpc) is 2.02. The first-order chi connectivity index (χ1) is 5.22. The van der Waals surface area contributed by atoms with Crippen LogP contribution in [0.1, 0.15) is 39.5 Å². The molecule has 65 valence electrons. The number of unbranched alkanes of at least 4 members (excludes halogenated alkanes) is 1. The molecule has 0 heterocycles. The van der Waals surface area contributed by atoms with E-state index in [1.807, 2.05) is 0 Å². The molecule has 3 heteroatoms. The summed E-state index contributed by atoms with van der Waals surface area (Å²) in [4.78, 5) is 0. The van der Waals surface area contributed by atoms with Crippen LogP contribution in [0.5, 0.6) is 0 Å². The number of halogens is 2. The van der Waals surface area contributed by atoms with Crippen LogP contribution in [0, 0.1) is 12.8 Å². The molecule has 0 bridgehead atoms. The molecule has 0 rings (SSSR count). The second kappa shape index (κ2) is 14.3. The van der Waals surface area contributed by atoms with E-state index >= 15 is 0 Å². The molecule has 0 saturated carbocycles. The molecule has 0 aromatic carbocycles. The monoisotopic (exact) mass is 295 g/mol. The Balaban J connectivity index is 0. The molecule has 0 nitrogen and oxygen atoms in total. The smallest absolute Gasteiger partial charge is 0.280 e. The molecule has 0 saturated heterocycles. The Kier molecular flexibility index (Phi) is 19.7. The lowest BCUT2D eigenvalue weighted by Gasteiger charge is -2.04. The fraction of sp³-hybridized carbons (Fsp3) is 0.875. The van der Waals surface area contributed by atoms with Gasteiger partial charge >= 0.3 is 16.0 Å². The van der Waals surface area contributed by atoms with Crippen LogP contribution in [0.4, 0.5) is 0 Å². The highest BCUT2D eigenvalue weighted by molar-refractivity contribution is 9.47. The van der Waals surface area contributed by atoms with E-state index in [0.29, 0.717) is 5.92 Å². The van der Waals surface area contributed by atoms with Gasteiger partial charge in [-0.1, -0.05) is 46.5 Å². The Hall–Kier alpha value is 1.73. The Bertz CT molecular complexity index is 60.1. The van der Waals surface area contributed by atoms with Gasteiger partial charge in [-0.25, -0.2) is 0 Å². The van der Waals surface area contributed by atoms with Crippen LogP contribution in [-0.2, 0) is 0 Å². The Morgan fingerprint density at radius 3 is 2.09 bits per heavy atom. The molecule has 0 aliphatic carbocycles. The molecule has 0 N–H and O–H groups in total. The van der Waals surface area contributed by atoms with Gasteiger partial charge in [-0.3, -0.25) is 25.8 Å². The Morgan fingerprint density at radius 2 is 1.82 bits per heavy atom. The van der Waals surface area contributed by atoms with Crippen LogP contribution in [-0.4, -0.2) is 16.0 Å². The van der Waals surface area contributed by atoms with E-state index < -0.39 is 0 Å². The molecule has 11 heavy (non-hydrogen) atoms. The van der Waals surface area contributed by atoms with E-state index in [1.54, 1.807) is 0 Å². The number of hydrogen-bond donors (Lipinski definition) is 0. The normalized spacial score (nSPS) is 11.0. The van der Waals surface area contributed by atoms with Crippen molar-refractivity contribution in [3.63, 3.8) is 0 Å². The molecule has 0 aromatic heterocycles. The molecule has 0 spiro atoms. The summed E-state index contributed by atoms with van der Waals surface area (Å²) in [5.74, 6) is 0.704. The predicted octanol–water partition coefficient (Wildman–Crippen LogP) is 4.35. The molecule has 0 aromatic rings. The molecule has 0 fully saturated rings. The molecular weight excluding hydrogens is 280 g/mol. The molecule has 0 amide bonds. The summed E-state index contributed by atoms with van der Waals surface area (Å²) in [5, 5.41) is 0. The minimum absolute atomic E-state index is 0.0417. The highest BCUT2D eigenvalue weighted by Crippen LogP contribution is 2.09. The van der Waals surface area contributed by atoms with Crippen molar-refractivity contribution >= 4 is 41.8 Å². The van der Waals surface area contributed by atoms with Gasteiger partial charge < -0.3 is 0 Å². The zero-order valence-electron chi connectivity index (χ0n) is 7.58. The highest BCUT2D eigenvalue weighted by Gasteiger charge is 1.94. The summed E-state index contributed by atoms with van der Waals surface area (Å²) >= 11 is 6.44. The van der Waals surface area contributed by atoms with E-state index in [0.717, 1.165) is 0 Å². The molecule has 1 atom stereocenters. The lowest BCUT2D eigenvalue weighted by atomic mass is 10.0. The van der Waals surface area contributed by atoms with E-state index in [-0.39, 0.29) is 16.0 Å². The average molecular weight is 297 g/mol. The zero-order valence-corrected chi connectivity index (χ0v) is 12.2. The molecule has 0 aliphatic heterocycles. The van der Waals surface area contributed by atoms with Gasteiger partial charge in [-0.15, -0.1) is 0 Å². The maximum absolute atomic E-state index is 3.99. The van der Waals surface area contributed by atoms with Gasteiger partial charge in [0.1, 0.15) is 0 Å². The molecule has 0 aliphatic rings. The minimum Gasteiger partial charge on any atom is -0.280 e. The lowest BCUT2D eigenvalue weighted by molar-refractivity contribution is 0.537. The molecule has 1 radical (unpaired) electrons. The van der Waals surface area contributed by atoms with Gasteiger partial charge in [-0.2, -0.15) is 0 Å². The van der Waals surface area contributed by atoms with Crippen molar-refractivity contribution in [2.75, 3.05) is 0 Å². The lowest BCUT2D eigenvalue weighted by Crippen LogP contribution is -1.90. The molecular formula is C8H17Br2Mg. The van der Waals surface area contributed by atoms with Crippen molar-refractivity contribution < 1.29 is 0 Å². The van der Waals surface area contributed by atoms with Gasteiger partial charge in [0.2, 0.25) is 0 Å². The second-order valence-corrected chi connectivity index (χ2v) is 10.6. The van der Waals surface area contributed by atoms with E-state index in [9.17, 15) is 0 Å². The number of hydrogen-bond acceptors (Lipinski definition) is 0. The SMILES string of the molecule is [Br][Mg][Br].[CH2]C(CC)CCCC. The summed E-state index contributed by atoms with van der Waals surface area (Å²) in [6, 6.07) is 0. The first-order valence-corrected chi connectivity index (χ1v) is 12.0. The van der Waals surface area contributed by atoms with Gasteiger partial charge in [0.05, 0.1) is 0 Å². The van der Waals surface area contributed by atoms with Gasteiger partial charge in [-0.05, 0) is 5.92 Å². The maximum atomic E-state index is 3.99. The van der Waals surface area contributed by atoms with Crippen LogP contribution in [0.25, 0.3) is 0 Å². The third-order valence-electron chi connectivity index (χ3n) is 1.54. The van der Waals surface area contributed by atoms with Crippen molar-refractivity contribution in [3.8, 4) is 0 Å². The third kappa shape index (κ3) is 18.6. The van der Waals surface area contributed by atoms with Crippen molar-refractivity contribution in [2.45, 2.75) is 39.5 Å². The van der Waals surface area contributed by atoms with E-state index in [1.165, 1.54) is 25.7 Å². The summed E-state index contributed by atoms with van der Waals surface area (Å²) < 4.78 is 0. The van der Waals surface area contributed by atoms with Gasteiger partial charge in [0.25, 0.3) is 0 Å². The van der Waals surface area contributed by atoms with Crippen LogP contribution in [0.2, 0.25) is 0 Å². The molecule has 1 unspecified atom stereocenters. The number of rotatable bonds is 4. The summed E-state index contributed by atoms with van der Waals surface area (Å²) in [6.45, 7) is 8.42. The Labute approximate surface area is 93.4 Å². The quantitative estimate of drug-likeness (QED) is 0.677. The highest BCUT2D eigenvalue weighted by atomic mass is 79.9. The van der Waals surface area contributed by atoms with E-state index in [2.05, 4.69) is 46.5 Å². The van der Waals surface area contributed by atoms with Crippen molar-refractivity contribution in [2.24, 2.45) is 5.92 Å². The maximum Gasteiger partial charge on any atom is 0.560 e. The van der Waals surface area contributed by atoms with Gasteiger partial charge in [0.15, 0.2) is 0 Å². The van der Waals surface area contributed by atoms with Crippen LogP contribution in [0.3, 0.4) is 0 Å². The predicted molar refractivity (Wildman–Crippen MR) is 62.3 cm³/mol. The fourth-order valence-corrected chi connectivity index (χ4v) is 0.697. The standard InChI is InChI=1S/C8H17.2BrH.Mg/c1-4-6-7-8(3)5-2;;;/h8H,3-7H2,1-2H3;2*1H;/q;;;+2/p-2. The summed E-state index contributed by atoms with van der Waals surface area (Å²) in [7, 11) is 0. The zero-order chi connectivity index (χ0) is 9.11. The third-order valence-corrected chi connectivity index (χ3v) is 1.54. The van der Waals surface area contributed by atoms with Crippen LogP contribution >= 0.6 is 25.8 Å². The van der Waals surface area contributed by atoms with Crippen LogP contribution < -0.4 is 0 Å². The first-order valence-electron chi connectivity index (χ1n) is 4.17. The van der Waals surface area contributed by atoms with Crippen molar-refractivity contribution in [1.82, 2.24) is 0 Å². The summed E-state index contributed by atoms with van der Waals surface area (Å²) in [6.07, 6.45) is 5.21. The Morgan fingerprint density at radius 1 is 1.36 bits per heavy atom.